The summed E-state index contributed by atoms with van der Waals surface area (Å²) in [5, 5.41) is 0. The molecule has 0 spiro atoms. The molecule has 0 N–H and O–H groups in total. The van der Waals surface area contributed by atoms with Crippen molar-refractivity contribution in [3.8, 4) is 0 Å². The molecule has 3 aromatic rings. The molecule has 3 aliphatic rings. The van der Waals surface area contributed by atoms with Crippen molar-refractivity contribution in [3.63, 3.8) is 0 Å². The number of hydrogen-bond acceptors (Lipinski definition) is 6. The van der Waals surface area contributed by atoms with Crippen LogP contribution in [0.1, 0.15) is 87.8 Å². The minimum absolute atomic E-state index is 0.0370. The van der Waals surface area contributed by atoms with Gasteiger partial charge >= 0.3 is 0 Å². The number of Topliss-reactive ketones (excluding diaryl/α,β-unsaturated/α-hetero) is 3. The third-order valence-corrected chi connectivity index (χ3v) is 12.8. The van der Waals surface area contributed by atoms with E-state index in [-0.39, 0.29) is 17.3 Å². The summed E-state index contributed by atoms with van der Waals surface area (Å²) in [6.45, 7) is 4.71. The van der Waals surface area contributed by atoms with E-state index < -0.39 is 10.9 Å². The predicted octanol–water partition coefficient (Wildman–Crippen LogP) is 10.4. The van der Waals surface area contributed by atoms with Gasteiger partial charge in [-0.3, -0.25) is 14.4 Å². The van der Waals surface area contributed by atoms with Crippen LogP contribution in [0.4, 0.5) is 0 Å². The highest BCUT2D eigenvalue weighted by Gasteiger charge is 2.43. The SMILES string of the molecule is CC(=O)c1ccc(C2=CC=C([S+](C3=CC=C(c4ccc(C(C)=O)cc4)CC3=S)C3=CC=C(c4ccc(C(C)=O)cc4)CC3=S)C(=S)C2)cc1. The van der Waals surface area contributed by atoms with Crippen molar-refractivity contribution in [1.82, 2.24) is 0 Å². The molecular weight excluding hydrogens is 681 g/mol. The average Bonchev–Trinajstić information content (AvgIpc) is 3.10. The fraction of sp³-hybridized carbons (Fsp3) is 0.143. The van der Waals surface area contributed by atoms with Crippen LogP contribution >= 0.6 is 36.7 Å². The lowest BCUT2D eigenvalue weighted by Crippen LogP contribution is -2.27. The van der Waals surface area contributed by atoms with Gasteiger partial charge in [0.2, 0.25) is 0 Å². The van der Waals surface area contributed by atoms with Crippen molar-refractivity contribution < 1.29 is 14.4 Å². The Morgan fingerprint density at radius 1 is 0.429 bits per heavy atom. The molecule has 242 valence electrons. The predicted molar refractivity (Wildman–Crippen MR) is 217 cm³/mol. The van der Waals surface area contributed by atoms with Gasteiger partial charge in [-0.25, -0.2) is 0 Å². The van der Waals surface area contributed by atoms with Gasteiger partial charge in [0.15, 0.2) is 32.1 Å². The summed E-state index contributed by atoms with van der Waals surface area (Å²) in [5.41, 5.74) is 8.44. The highest BCUT2D eigenvalue weighted by Crippen LogP contribution is 2.42. The maximum absolute atomic E-state index is 11.8. The van der Waals surface area contributed by atoms with Crippen LogP contribution < -0.4 is 0 Å². The number of rotatable bonds is 9. The minimum atomic E-state index is -0.626. The first-order valence-corrected chi connectivity index (χ1v) is 18.4. The van der Waals surface area contributed by atoms with Crippen LogP contribution in [-0.4, -0.2) is 31.9 Å². The zero-order valence-corrected chi connectivity index (χ0v) is 30.6. The first-order valence-electron chi connectivity index (χ1n) is 15.9. The summed E-state index contributed by atoms with van der Waals surface area (Å²) >= 11 is 18.4. The smallest absolute Gasteiger partial charge is 0.180 e. The van der Waals surface area contributed by atoms with E-state index in [1.54, 1.807) is 20.8 Å². The molecule has 7 heteroatoms. The van der Waals surface area contributed by atoms with Gasteiger partial charge in [-0.2, -0.15) is 0 Å². The normalized spacial score (nSPS) is 16.3. The Hall–Kier alpha value is -4.27. The lowest BCUT2D eigenvalue weighted by Gasteiger charge is -2.24. The Kier molecular flexibility index (Phi) is 10.4. The molecule has 0 unspecified atom stereocenters. The summed E-state index contributed by atoms with van der Waals surface area (Å²) in [5.74, 6) is 0.111. The first-order chi connectivity index (χ1) is 23.5. The van der Waals surface area contributed by atoms with Gasteiger partial charge in [0.1, 0.15) is 10.9 Å². The maximum Gasteiger partial charge on any atom is 0.180 e. The summed E-state index contributed by atoms with van der Waals surface area (Å²) < 4.78 is 0. The van der Waals surface area contributed by atoms with E-state index in [1.165, 1.54) is 0 Å². The Morgan fingerprint density at radius 2 is 0.673 bits per heavy atom. The van der Waals surface area contributed by atoms with Gasteiger partial charge in [-0.1, -0.05) is 128 Å². The number of thiocarbonyl (C=S) groups is 3. The minimum Gasteiger partial charge on any atom is -0.295 e. The summed E-state index contributed by atoms with van der Waals surface area (Å²) in [6, 6.07) is 23.0. The lowest BCUT2D eigenvalue weighted by atomic mass is 9.95. The quantitative estimate of drug-likeness (QED) is 0.125. The molecule has 3 aliphatic carbocycles. The van der Waals surface area contributed by atoms with E-state index >= 15 is 0 Å². The standard InChI is InChI=1S/C42H33O3S4/c1-25(43)28-4-10-31(11-5-28)34-16-19-40(37(46)22-34)49(41-20-17-35(23-38(41)47)32-12-6-29(7-13-32)26(2)44)42-21-18-36(24-39(42)48)33-14-8-30(9-15-33)27(3)45/h4-21H,22-24H2,1-3H3/q+1. The van der Waals surface area contributed by atoms with E-state index in [0.29, 0.717) is 36.0 Å². The van der Waals surface area contributed by atoms with E-state index in [1.807, 2.05) is 72.8 Å². The monoisotopic (exact) mass is 713 g/mol. The Bertz CT molecular complexity index is 1890. The Labute approximate surface area is 306 Å². The molecule has 0 saturated carbocycles. The van der Waals surface area contributed by atoms with Gasteiger partial charge in [0.05, 0.1) is 14.6 Å². The Morgan fingerprint density at radius 3 is 0.878 bits per heavy atom. The third kappa shape index (κ3) is 7.51. The highest BCUT2D eigenvalue weighted by molar-refractivity contribution is 8.12. The molecular formula is C42H33O3S4+. The van der Waals surface area contributed by atoms with Gasteiger partial charge in [-0.05, 0) is 72.4 Å². The summed E-state index contributed by atoms with van der Waals surface area (Å²) in [4.78, 5) is 41.1. The van der Waals surface area contributed by atoms with Gasteiger partial charge < -0.3 is 0 Å². The molecule has 0 radical (unpaired) electrons. The zero-order valence-electron chi connectivity index (χ0n) is 27.4. The van der Waals surface area contributed by atoms with E-state index in [2.05, 4.69) is 36.5 Å². The van der Waals surface area contributed by atoms with Crippen LogP contribution in [0.25, 0.3) is 16.7 Å². The van der Waals surface area contributed by atoms with Crippen LogP contribution in [-0.2, 0) is 10.9 Å². The molecule has 3 aromatic carbocycles. The number of allylic oxidation sites excluding steroid dienone is 12. The molecule has 0 aromatic heterocycles. The molecule has 0 saturated heterocycles. The molecule has 6 rings (SSSR count). The largest absolute Gasteiger partial charge is 0.295 e. The number of hydrogen-bond donors (Lipinski definition) is 0. The van der Waals surface area contributed by atoms with E-state index in [9.17, 15) is 14.4 Å². The molecule has 0 bridgehead atoms. The van der Waals surface area contributed by atoms with Gasteiger partial charge in [-0.15, -0.1) is 0 Å². The summed E-state index contributed by atoms with van der Waals surface area (Å²) in [7, 11) is -0.626. The fourth-order valence-electron chi connectivity index (χ4n) is 6.02. The average molecular weight is 714 g/mol. The molecule has 0 heterocycles. The molecule has 0 atom stereocenters. The van der Waals surface area contributed by atoms with Crippen molar-refractivity contribution >= 4 is 96.2 Å². The van der Waals surface area contributed by atoms with Crippen LogP contribution in [0.3, 0.4) is 0 Å². The van der Waals surface area contributed by atoms with Crippen molar-refractivity contribution in [2.24, 2.45) is 0 Å². The second kappa shape index (κ2) is 14.7. The van der Waals surface area contributed by atoms with Crippen LogP contribution in [0, 0.1) is 0 Å². The zero-order chi connectivity index (χ0) is 34.8. The molecule has 0 amide bonds. The number of ketones is 3. The number of carbonyl (C=O) groups excluding carboxylic acids is 3. The third-order valence-electron chi connectivity index (χ3n) is 8.83. The van der Waals surface area contributed by atoms with Gasteiger partial charge in [0, 0.05) is 36.0 Å². The second-order valence-electron chi connectivity index (χ2n) is 12.2. The van der Waals surface area contributed by atoms with E-state index in [4.69, 9.17) is 36.7 Å². The first kappa shape index (κ1) is 34.6. The van der Waals surface area contributed by atoms with Crippen LogP contribution in [0.2, 0.25) is 0 Å². The number of benzene rings is 3. The van der Waals surface area contributed by atoms with Crippen molar-refractivity contribution in [2.45, 2.75) is 40.0 Å². The van der Waals surface area contributed by atoms with Crippen molar-refractivity contribution in [2.75, 3.05) is 0 Å². The molecule has 0 aliphatic heterocycles. The highest BCUT2D eigenvalue weighted by atomic mass is 32.2. The molecule has 3 nitrogen and oxygen atoms in total. The molecule has 0 fully saturated rings. The van der Waals surface area contributed by atoms with Crippen molar-refractivity contribution in [3.05, 3.63) is 157 Å². The van der Waals surface area contributed by atoms with Gasteiger partial charge in [0.25, 0.3) is 0 Å². The van der Waals surface area contributed by atoms with Crippen LogP contribution in [0.15, 0.2) is 124 Å². The fourth-order valence-corrected chi connectivity index (χ4v) is 9.66. The number of carbonyl (C=O) groups is 3. The maximum atomic E-state index is 11.8. The van der Waals surface area contributed by atoms with Crippen molar-refractivity contribution in [1.29, 1.82) is 0 Å². The topological polar surface area (TPSA) is 51.2 Å². The Balaban J connectivity index is 1.41. The second-order valence-corrected chi connectivity index (χ2v) is 15.6. The lowest BCUT2D eigenvalue weighted by molar-refractivity contribution is 0.100. The summed E-state index contributed by atoms with van der Waals surface area (Å²) in [6.07, 6.45) is 14.5. The van der Waals surface area contributed by atoms with Crippen LogP contribution in [0.5, 0.6) is 0 Å². The molecule has 49 heavy (non-hydrogen) atoms. The van der Waals surface area contributed by atoms with E-state index in [0.717, 1.165) is 62.7 Å².